The molecule has 1 saturated heterocycles. The minimum absolute atomic E-state index is 0.0727. The summed E-state index contributed by atoms with van der Waals surface area (Å²) >= 11 is 0. The van der Waals surface area contributed by atoms with E-state index in [1.165, 1.54) is 12.1 Å². The maximum absolute atomic E-state index is 12.4. The molecule has 9 nitrogen and oxygen atoms in total. The van der Waals surface area contributed by atoms with Crippen LogP contribution in [0.1, 0.15) is 12.5 Å². The molecule has 0 aliphatic carbocycles. The lowest BCUT2D eigenvalue weighted by Gasteiger charge is -2.34. The molecule has 2 aromatic carbocycles. The van der Waals surface area contributed by atoms with Crippen molar-refractivity contribution in [3.8, 4) is 5.75 Å². The number of nitrogens with zero attached hydrogens (tertiary/aromatic N) is 3. The van der Waals surface area contributed by atoms with Gasteiger partial charge in [0.2, 0.25) is 5.91 Å². The molecule has 31 heavy (non-hydrogen) atoms. The summed E-state index contributed by atoms with van der Waals surface area (Å²) in [5, 5.41) is 14.0. The minimum atomic E-state index is -0.539. The molecule has 0 saturated carbocycles. The van der Waals surface area contributed by atoms with Gasteiger partial charge in [-0.25, -0.2) is 0 Å². The highest BCUT2D eigenvalue weighted by atomic mass is 16.6. The number of nitro groups is 1. The number of ether oxygens (including phenoxy) is 1. The van der Waals surface area contributed by atoms with Crippen LogP contribution in [0.5, 0.6) is 5.75 Å². The van der Waals surface area contributed by atoms with Gasteiger partial charge in [-0.1, -0.05) is 37.3 Å². The van der Waals surface area contributed by atoms with Crippen molar-refractivity contribution in [3.05, 3.63) is 64.2 Å². The molecule has 164 valence electrons. The zero-order valence-corrected chi connectivity index (χ0v) is 17.5. The summed E-state index contributed by atoms with van der Waals surface area (Å²) in [4.78, 5) is 39.0. The van der Waals surface area contributed by atoms with E-state index in [0.717, 1.165) is 17.7 Å². The molecule has 0 bridgehead atoms. The smallest absolute Gasteiger partial charge is 0.310 e. The minimum Gasteiger partial charge on any atom is -0.477 e. The highest BCUT2D eigenvalue weighted by Gasteiger charge is 2.24. The Balaban J connectivity index is 1.44. The molecule has 1 aliphatic heterocycles. The van der Waals surface area contributed by atoms with Crippen molar-refractivity contribution in [2.24, 2.45) is 0 Å². The van der Waals surface area contributed by atoms with E-state index in [1.807, 2.05) is 36.1 Å². The van der Waals surface area contributed by atoms with Crippen molar-refractivity contribution < 1.29 is 19.2 Å². The average Bonchev–Trinajstić information content (AvgIpc) is 2.78. The fourth-order valence-corrected chi connectivity index (χ4v) is 3.46. The highest BCUT2D eigenvalue weighted by Crippen LogP contribution is 2.25. The van der Waals surface area contributed by atoms with Gasteiger partial charge in [0.05, 0.1) is 11.5 Å². The van der Waals surface area contributed by atoms with E-state index < -0.39 is 4.92 Å². The summed E-state index contributed by atoms with van der Waals surface area (Å²) in [6.45, 7) is 4.11. The van der Waals surface area contributed by atoms with Crippen LogP contribution in [0.3, 0.4) is 0 Å². The number of amides is 2. The van der Waals surface area contributed by atoms with Crippen molar-refractivity contribution in [2.45, 2.75) is 13.3 Å². The second-order valence-corrected chi connectivity index (χ2v) is 7.23. The van der Waals surface area contributed by atoms with E-state index in [1.54, 1.807) is 17.0 Å². The van der Waals surface area contributed by atoms with Gasteiger partial charge in [-0.3, -0.25) is 24.6 Å². The lowest BCUT2D eigenvalue weighted by atomic mass is 10.1. The summed E-state index contributed by atoms with van der Waals surface area (Å²) in [5.41, 5.74) is 1.75. The van der Waals surface area contributed by atoms with Crippen molar-refractivity contribution in [3.63, 3.8) is 0 Å². The van der Waals surface area contributed by atoms with Gasteiger partial charge in [-0.05, 0) is 24.1 Å². The van der Waals surface area contributed by atoms with Gasteiger partial charge in [0, 0.05) is 37.9 Å². The number of hydrogen-bond acceptors (Lipinski definition) is 6. The van der Waals surface area contributed by atoms with Crippen LogP contribution in [0.2, 0.25) is 0 Å². The van der Waals surface area contributed by atoms with Crippen LogP contribution in [-0.4, -0.2) is 65.9 Å². The second-order valence-electron chi connectivity index (χ2n) is 7.23. The van der Waals surface area contributed by atoms with Crippen LogP contribution in [0.25, 0.3) is 0 Å². The Labute approximate surface area is 180 Å². The molecule has 0 atom stereocenters. The first-order valence-electron chi connectivity index (χ1n) is 10.2. The third-order valence-electron chi connectivity index (χ3n) is 5.18. The van der Waals surface area contributed by atoms with Crippen LogP contribution in [0.15, 0.2) is 48.5 Å². The molecule has 1 N–H and O–H groups in total. The van der Waals surface area contributed by atoms with E-state index in [-0.39, 0.29) is 36.4 Å². The Hall–Kier alpha value is -3.46. The molecule has 0 aromatic heterocycles. The fourth-order valence-electron chi connectivity index (χ4n) is 3.46. The van der Waals surface area contributed by atoms with E-state index in [4.69, 9.17) is 4.74 Å². The predicted molar refractivity (Wildman–Crippen MR) is 116 cm³/mol. The molecule has 0 unspecified atom stereocenters. The fraction of sp³-hybridized carbons (Fsp3) is 0.364. The van der Waals surface area contributed by atoms with Crippen LogP contribution in [0, 0.1) is 10.1 Å². The average molecular weight is 426 g/mol. The molecule has 1 fully saturated rings. The van der Waals surface area contributed by atoms with Crippen LogP contribution in [0.4, 0.5) is 11.4 Å². The normalized spacial score (nSPS) is 14.2. The maximum Gasteiger partial charge on any atom is 0.310 e. The molecule has 0 spiro atoms. The van der Waals surface area contributed by atoms with Gasteiger partial charge < -0.3 is 15.0 Å². The number of carbonyl (C=O) groups excluding carboxylic acids is 2. The van der Waals surface area contributed by atoms with Gasteiger partial charge >= 0.3 is 5.69 Å². The number of carbonyl (C=O) groups is 2. The lowest BCUT2D eigenvalue weighted by molar-refractivity contribution is -0.385. The zero-order chi connectivity index (χ0) is 22.2. The summed E-state index contributed by atoms with van der Waals surface area (Å²) in [6, 6.07) is 13.7. The number of anilines is 1. The Kier molecular flexibility index (Phi) is 7.55. The second kappa shape index (κ2) is 10.5. The number of piperazine rings is 1. The Morgan fingerprint density at radius 2 is 1.74 bits per heavy atom. The third-order valence-corrected chi connectivity index (χ3v) is 5.18. The standard InChI is InChI=1S/C22H26N4O5/c1-2-17-7-3-4-8-18(17)23-21(27)15-24-11-13-25(14-12-24)22(28)16-31-20-10-6-5-9-19(20)26(29)30/h3-10H,2,11-16H2,1H3,(H,23,27). The van der Waals surface area contributed by atoms with Gasteiger partial charge in [-0.2, -0.15) is 0 Å². The van der Waals surface area contributed by atoms with Crippen molar-refractivity contribution in [2.75, 3.05) is 44.6 Å². The molecule has 2 aromatic rings. The van der Waals surface area contributed by atoms with Crippen molar-refractivity contribution >= 4 is 23.2 Å². The quantitative estimate of drug-likeness (QED) is 0.513. The number of para-hydroxylation sites is 3. The Morgan fingerprint density at radius 1 is 1.06 bits per heavy atom. The van der Waals surface area contributed by atoms with Crippen LogP contribution in [-0.2, 0) is 16.0 Å². The molecule has 1 heterocycles. The summed E-state index contributed by atoms with van der Waals surface area (Å²) in [5.74, 6) is -0.247. The van der Waals surface area contributed by atoms with E-state index in [0.29, 0.717) is 26.2 Å². The molecular formula is C22H26N4O5. The maximum atomic E-state index is 12.4. The topological polar surface area (TPSA) is 105 Å². The molecule has 9 heteroatoms. The van der Waals surface area contributed by atoms with E-state index in [2.05, 4.69) is 5.32 Å². The molecule has 3 rings (SSSR count). The first-order chi connectivity index (χ1) is 15.0. The Morgan fingerprint density at radius 3 is 2.45 bits per heavy atom. The highest BCUT2D eigenvalue weighted by molar-refractivity contribution is 5.93. The van der Waals surface area contributed by atoms with E-state index in [9.17, 15) is 19.7 Å². The molecule has 0 radical (unpaired) electrons. The van der Waals surface area contributed by atoms with Gasteiger partial charge in [0.1, 0.15) is 0 Å². The Bertz CT molecular complexity index is 941. The largest absolute Gasteiger partial charge is 0.477 e. The number of nitrogens with one attached hydrogen (secondary N) is 1. The third kappa shape index (κ3) is 6.02. The molecule has 2 amide bonds. The van der Waals surface area contributed by atoms with Gasteiger partial charge in [0.25, 0.3) is 5.91 Å². The van der Waals surface area contributed by atoms with Crippen molar-refractivity contribution in [1.82, 2.24) is 9.80 Å². The number of hydrogen-bond donors (Lipinski definition) is 1. The van der Waals surface area contributed by atoms with E-state index >= 15 is 0 Å². The SMILES string of the molecule is CCc1ccccc1NC(=O)CN1CCN(C(=O)COc2ccccc2[N+](=O)[O-])CC1. The first-order valence-corrected chi connectivity index (χ1v) is 10.2. The number of rotatable bonds is 8. The first kappa shape index (κ1) is 22.2. The predicted octanol–water partition coefficient (Wildman–Crippen LogP) is 2.32. The zero-order valence-electron chi connectivity index (χ0n) is 17.5. The van der Waals surface area contributed by atoms with Gasteiger partial charge in [-0.15, -0.1) is 0 Å². The number of nitro benzene ring substituents is 1. The van der Waals surface area contributed by atoms with Gasteiger partial charge in [0.15, 0.2) is 12.4 Å². The number of benzene rings is 2. The summed E-state index contributed by atoms with van der Waals surface area (Å²) < 4.78 is 5.38. The summed E-state index contributed by atoms with van der Waals surface area (Å²) in [6.07, 6.45) is 0.839. The lowest BCUT2D eigenvalue weighted by Crippen LogP contribution is -2.51. The molecule has 1 aliphatic rings. The van der Waals surface area contributed by atoms with Crippen LogP contribution < -0.4 is 10.1 Å². The summed E-state index contributed by atoms with van der Waals surface area (Å²) in [7, 11) is 0. The number of aryl methyl sites for hydroxylation is 1. The van der Waals surface area contributed by atoms with Crippen LogP contribution >= 0.6 is 0 Å². The van der Waals surface area contributed by atoms with Crippen molar-refractivity contribution in [1.29, 1.82) is 0 Å². The monoisotopic (exact) mass is 426 g/mol. The molecular weight excluding hydrogens is 400 g/mol.